The number of aryl methyl sites for hydroxylation is 1. The second-order valence-corrected chi connectivity index (χ2v) is 4.13. The molecule has 2 nitrogen and oxygen atoms in total. The quantitative estimate of drug-likeness (QED) is 0.805. The SMILES string of the molecule is Cc1ccc(N)cc1OCC1CCC1.Cl. The standard InChI is InChI=1S/C12H17NO.ClH/c1-9-5-6-11(13)7-12(9)14-8-10-3-2-4-10;/h5-7,10H,2-4,8,13H2,1H3;1H. The summed E-state index contributed by atoms with van der Waals surface area (Å²) in [7, 11) is 0. The van der Waals surface area contributed by atoms with Gasteiger partial charge < -0.3 is 10.5 Å². The lowest BCUT2D eigenvalue weighted by Gasteiger charge is -2.25. The summed E-state index contributed by atoms with van der Waals surface area (Å²) in [6.45, 7) is 2.90. The van der Waals surface area contributed by atoms with Crippen LogP contribution >= 0.6 is 12.4 Å². The third kappa shape index (κ3) is 3.03. The van der Waals surface area contributed by atoms with Gasteiger partial charge in [0.25, 0.3) is 0 Å². The highest BCUT2D eigenvalue weighted by atomic mass is 35.5. The third-order valence-corrected chi connectivity index (χ3v) is 2.91. The molecule has 0 radical (unpaired) electrons. The molecule has 1 aliphatic rings. The molecule has 0 heterocycles. The number of hydrogen-bond donors (Lipinski definition) is 1. The zero-order valence-corrected chi connectivity index (χ0v) is 9.85. The molecule has 1 aromatic rings. The molecular weight excluding hydrogens is 210 g/mol. The molecule has 2 rings (SSSR count). The van der Waals surface area contributed by atoms with Crippen LogP contribution in [-0.4, -0.2) is 6.61 Å². The van der Waals surface area contributed by atoms with Crippen LogP contribution in [0.25, 0.3) is 0 Å². The molecule has 1 aliphatic carbocycles. The van der Waals surface area contributed by atoms with Gasteiger partial charge in [-0.05, 0) is 37.3 Å². The fourth-order valence-electron chi connectivity index (χ4n) is 1.64. The van der Waals surface area contributed by atoms with E-state index < -0.39 is 0 Å². The first kappa shape index (κ1) is 12.2. The summed E-state index contributed by atoms with van der Waals surface area (Å²) in [5, 5.41) is 0. The van der Waals surface area contributed by atoms with Crippen LogP contribution < -0.4 is 10.5 Å². The number of nitrogens with two attached hydrogens (primary N) is 1. The molecule has 0 spiro atoms. The molecule has 0 bridgehead atoms. The summed E-state index contributed by atoms with van der Waals surface area (Å²) in [5.41, 5.74) is 7.64. The maximum absolute atomic E-state index is 5.74. The normalized spacial score (nSPS) is 15.3. The Balaban J connectivity index is 0.00000112. The maximum atomic E-state index is 5.74. The topological polar surface area (TPSA) is 35.2 Å². The average molecular weight is 228 g/mol. The molecule has 0 amide bonds. The minimum absolute atomic E-state index is 0. The lowest BCUT2D eigenvalue weighted by molar-refractivity contribution is 0.180. The molecule has 0 aromatic heterocycles. The smallest absolute Gasteiger partial charge is 0.124 e. The second-order valence-electron chi connectivity index (χ2n) is 4.13. The van der Waals surface area contributed by atoms with Gasteiger partial charge in [0.15, 0.2) is 0 Å². The molecule has 1 aromatic carbocycles. The van der Waals surface area contributed by atoms with E-state index in [0.29, 0.717) is 0 Å². The van der Waals surface area contributed by atoms with Crippen LogP contribution in [0, 0.1) is 12.8 Å². The van der Waals surface area contributed by atoms with Crippen LogP contribution in [0.15, 0.2) is 18.2 Å². The van der Waals surface area contributed by atoms with Crippen molar-refractivity contribution in [2.45, 2.75) is 26.2 Å². The molecule has 84 valence electrons. The van der Waals surface area contributed by atoms with E-state index in [1.165, 1.54) is 24.8 Å². The Morgan fingerprint density at radius 3 is 2.73 bits per heavy atom. The van der Waals surface area contributed by atoms with Gasteiger partial charge in [-0.2, -0.15) is 0 Å². The highest BCUT2D eigenvalue weighted by Gasteiger charge is 2.18. The van der Waals surface area contributed by atoms with E-state index >= 15 is 0 Å². The van der Waals surface area contributed by atoms with Crippen molar-refractivity contribution in [3.05, 3.63) is 23.8 Å². The van der Waals surface area contributed by atoms with Gasteiger partial charge in [0.1, 0.15) is 5.75 Å². The fourth-order valence-corrected chi connectivity index (χ4v) is 1.64. The Kier molecular flexibility index (Phi) is 4.28. The third-order valence-electron chi connectivity index (χ3n) is 2.91. The van der Waals surface area contributed by atoms with Crippen molar-refractivity contribution in [3.8, 4) is 5.75 Å². The van der Waals surface area contributed by atoms with Gasteiger partial charge in [0.05, 0.1) is 6.61 Å². The molecule has 0 saturated heterocycles. The Bertz CT molecular complexity index is 323. The summed E-state index contributed by atoms with van der Waals surface area (Å²) in [4.78, 5) is 0. The van der Waals surface area contributed by atoms with Gasteiger partial charge in [0, 0.05) is 11.8 Å². The zero-order chi connectivity index (χ0) is 9.97. The number of benzene rings is 1. The second kappa shape index (κ2) is 5.26. The molecule has 1 saturated carbocycles. The van der Waals surface area contributed by atoms with E-state index in [0.717, 1.165) is 24.0 Å². The van der Waals surface area contributed by atoms with Gasteiger partial charge >= 0.3 is 0 Å². The number of ether oxygens (including phenoxy) is 1. The van der Waals surface area contributed by atoms with Crippen LogP contribution in [-0.2, 0) is 0 Å². The number of nitrogen functional groups attached to an aromatic ring is 1. The van der Waals surface area contributed by atoms with E-state index in [2.05, 4.69) is 6.92 Å². The molecule has 1 fully saturated rings. The summed E-state index contributed by atoms with van der Waals surface area (Å²) in [6, 6.07) is 5.82. The number of halogens is 1. The van der Waals surface area contributed by atoms with Gasteiger partial charge in [-0.1, -0.05) is 12.5 Å². The van der Waals surface area contributed by atoms with Crippen LogP contribution in [0.3, 0.4) is 0 Å². The van der Waals surface area contributed by atoms with E-state index in [1.807, 2.05) is 18.2 Å². The Morgan fingerprint density at radius 1 is 1.40 bits per heavy atom. The van der Waals surface area contributed by atoms with Crippen molar-refractivity contribution in [1.82, 2.24) is 0 Å². The van der Waals surface area contributed by atoms with Crippen molar-refractivity contribution < 1.29 is 4.74 Å². The summed E-state index contributed by atoms with van der Waals surface area (Å²) >= 11 is 0. The molecule has 0 aliphatic heterocycles. The molecule has 0 atom stereocenters. The van der Waals surface area contributed by atoms with Gasteiger partial charge in [-0.25, -0.2) is 0 Å². The van der Waals surface area contributed by atoms with Crippen LogP contribution in [0.1, 0.15) is 24.8 Å². The fraction of sp³-hybridized carbons (Fsp3) is 0.500. The highest BCUT2D eigenvalue weighted by molar-refractivity contribution is 5.85. The summed E-state index contributed by atoms with van der Waals surface area (Å²) in [5.74, 6) is 1.72. The molecule has 2 N–H and O–H groups in total. The van der Waals surface area contributed by atoms with Crippen molar-refractivity contribution in [2.24, 2.45) is 5.92 Å². The average Bonchev–Trinajstić information content (AvgIpc) is 2.08. The first-order valence-electron chi connectivity index (χ1n) is 5.24. The first-order chi connectivity index (χ1) is 6.75. The first-order valence-corrected chi connectivity index (χ1v) is 5.24. The molecular formula is C12H18ClNO. The molecule has 3 heteroatoms. The predicted octanol–water partition coefficient (Wildman–Crippen LogP) is 3.18. The van der Waals surface area contributed by atoms with Crippen molar-refractivity contribution >= 4 is 18.1 Å². The van der Waals surface area contributed by atoms with Crippen molar-refractivity contribution in [2.75, 3.05) is 12.3 Å². The lowest BCUT2D eigenvalue weighted by atomic mass is 9.86. The van der Waals surface area contributed by atoms with Crippen molar-refractivity contribution in [3.63, 3.8) is 0 Å². The summed E-state index contributed by atoms with van der Waals surface area (Å²) < 4.78 is 5.74. The van der Waals surface area contributed by atoms with Crippen LogP contribution in [0.2, 0.25) is 0 Å². The highest BCUT2D eigenvalue weighted by Crippen LogP contribution is 2.28. The van der Waals surface area contributed by atoms with E-state index in [-0.39, 0.29) is 12.4 Å². The number of anilines is 1. The largest absolute Gasteiger partial charge is 0.493 e. The van der Waals surface area contributed by atoms with Crippen LogP contribution in [0.5, 0.6) is 5.75 Å². The minimum Gasteiger partial charge on any atom is -0.493 e. The monoisotopic (exact) mass is 227 g/mol. The summed E-state index contributed by atoms with van der Waals surface area (Å²) in [6.07, 6.45) is 4.01. The van der Waals surface area contributed by atoms with Crippen LogP contribution in [0.4, 0.5) is 5.69 Å². The van der Waals surface area contributed by atoms with Gasteiger partial charge in [0.2, 0.25) is 0 Å². The Morgan fingerprint density at radius 2 is 2.13 bits per heavy atom. The maximum Gasteiger partial charge on any atom is 0.124 e. The molecule has 15 heavy (non-hydrogen) atoms. The van der Waals surface area contributed by atoms with E-state index in [1.54, 1.807) is 0 Å². The van der Waals surface area contributed by atoms with Crippen molar-refractivity contribution in [1.29, 1.82) is 0 Å². The Labute approximate surface area is 97.2 Å². The van der Waals surface area contributed by atoms with E-state index in [9.17, 15) is 0 Å². The Hall–Kier alpha value is -0.890. The van der Waals surface area contributed by atoms with Gasteiger partial charge in [-0.15, -0.1) is 12.4 Å². The number of rotatable bonds is 3. The molecule has 0 unspecified atom stereocenters. The van der Waals surface area contributed by atoms with Gasteiger partial charge in [-0.3, -0.25) is 0 Å². The lowest BCUT2D eigenvalue weighted by Crippen LogP contribution is -2.19. The number of hydrogen-bond acceptors (Lipinski definition) is 2. The predicted molar refractivity (Wildman–Crippen MR) is 65.7 cm³/mol. The minimum atomic E-state index is 0. The van der Waals surface area contributed by atoms with E-state index in [4.69, 9.17) is 10.5 Å². The zero-order valence-electron chi connectivity index (χ0n) is 9.03.